The Kier molecular flexibility index (Phi) is 3.74. The van der Waals surface area contributed by atoms with Crippen LogP contribution in [0.15, 0.2) is 24.3 Å². The normalized spacial score (nSPS) is 20.7. The Morgan fingerprint density at radius 3 is 2.76 bits per heavy atom. The fourth-order valence-corrected chi connectivity index (χ4v) is 2.11. The molecule has 2 rings (SSSR count). The van der Waals surface area contributed by atoms with Crippen LogP contribution in [0, 0.1) is 5.82 Å². The van der Waals surface area contributed by atoms with Crippen molar-refractivity contribution < 1.29 is 9.18 Å². The molecule has 3 nitrogen and oxygen atoms in total. The smallest absolute Gasteiger partial charge is 0.222 e. The lowest BCUT2D eigenvalue weighted by Crippen LogP contribution is -2.46. The van der Waals surface area contributed by atoms with E-state index in [2.05, 4.69) is 5.32 Å². The minimum atomic E-state index is -0.244. The Morgan fingerprint density at radius 2 is 2.12 bits per heavy atom. The number of amides is 1. The van der Waals surface area contributed by atoms with Crippen molar-refractivity contribution in [3.05, 3.63) is 35.6 Å². The summed E-state index contributed by atoms with van der Waals surface area (Å²) in [5.74, 6) is -0.0624. The highest BCUT2D eigenvalue weighted by molar-refractivity contribution is 5.77. The second-order valence-electron chi connectivity index (χ2n) is 4.43. The molecule has 1 aromatic carbocycles. The minimum Gasteiger partial charge on any atom is -0.337 e. The van der Waals surface area contributed by atoms with E-state index < -0.39 is 0 Å². The summed E-state index contributed by atoms with van der Waals surface area (Å²) in [6, 6.07) is 6.68. The zero-order chi connectivity index (χ0) is 12.3. The molecule has 0 aromatic heterocycles. The van der Waals surface area contributed by atoms with Gasteiger partial charge in [0.2, 0.25) is 5.91 Å². The number of rotatable bonds is 3. The first-order valence-electron chi connectivity index (χ1n) is 5.88. The minimum absolute atomic E-state index is 0.181. The van der Waals surface area contributed by atoms with Crippen LogP contribution >= 0.6 is 0 Å². The molecule has 4 heteroatoms. The van der Waals surface area contributed by atoms with Crippen molar-refractivity contribution in [3.8, 4) is 0 Å². The van der Waals surface area contributed by atoms with Crippen LogP contribution in [0.2, 0.25) is 0 Å². The van der Waals surface area contributed by atoms with Gasteiger partial charge >= 0.3 is 0 Å². The molecule has 1 aliphatic rings. The van der Waals surface area contributed by atoms with Crippen LogP contribution in [0.1, 0.15) is 18.4 Å². The van der Waals surface area contributed by atoms with Gasteiger partial charge in [0, 0.05) is 25.6 Å². The predicted octanol–water partition coefficient (Wildman–Crippen LogP) is 1.54. The van der Waals surface area contributed by atoms with Crippen LogP contribution < -0.4 is 5.32 Å². The van der Waals surface area contributed by atoms with Gasteiger partial charge in [-0.3, -0.25) is 4.79 Å². The third kappa shape index (κ3) is 3.03. The number of likely N-dealkylation sites (tertiary alicyclic amines) is 1. The Labute approximate surface area is 101 Å². The summed E-state index contributed by atoms with van der Waals surface area (Å²) < 4.78 is 12.8. The van der Waals surface area contributed by atoms with E-state index in [0.29, 0.717) is 19.0 Å². The van der Waals surface area contributed by atoms with E-state index in [1.165, 1.54) is 12.1 Å². The van der Waals surface area contributed by atoms with Crippen LogP contribution in [0.25, 0.3) is 0 Å². The monoisotopic (exact) mass is 236 g/mol. The average Bonchev–Trinajstić information content (AvgIpc) is 2.35. The molecule has 0 unspecified atom stereocenters. The lowest BCUT2D eigenvalue weighted by atomic mass is 10.0. The van der Waals surface area contributed by atoms with Crippen molar-refractivity contribution in [2.24, 2.45) is 0 Å². The number of carbonyl (C=O) groups excluding carboxylic acids is 1. The highest BCUT2D eigenvalue weighted by Gasteiger charge is 2.24. The number of likely N-dealkylation sites (N-methyl/N-ethyl adjacent to an activating group) is 1. The van der Waals surface area contributed by atoms with Crippen molar-refractivity contribution in [2.75, 3.05) is 13.6 Å². The van der Waals surface area contributed by atoms with E-state index in [1.807, 2.05) is 11.9 Å². The molecule has 1 atom stereocenters. The summed E-state index contributed by atoms with van der Waals surface area (Å²) in [6.45, 7) is 1.30. The summed E-state index contributed by atoms with van der Waals surface area (Å²) >= 11 is 0. The van der Waals surface area contributed by atoms with E-state index in [4.69, 9.17) is 0 Å². The molecule has 0 bridgehead atoms. The van der Waals surface area contributed by atoms with Crippen LogP contribution in [0.3, 0.4) is 0 Å². The van der Waals surface area contributed by atoms with Crippen LogP contribution in [-0.2, 0) is 11.3 Å². The molecule has 1 heterocycles. The highest BCUT2D eigenvalue weighted by Crippen LogP contribution is 2.15. The number of nitrogens with zero attached hydrogens (tertiary/aromatic N) is 1. The van der Waals surface area contributed by atoms with Gasteiger partial charge in [-0.2, -0.15) is 0 Å². The molecule has 1 fully saturated rings. The number of halogens is 1. The number of nitrogens with one attached hydrogen (secondary N) is 1. The fourth-order valence-electron chi connectivity index (χ4n) is 2.11. The maximum Gasteiger partial charge on any atom is 0.222 e. The topological polar surface area (TPSA) is 32.3 Å². The van der Waals surface area contributed by atoms with Gasteiger partial charge in [-0.15, -0.1) is 0 Å². The quantitative estimate of drug-likeness (QED) is 0.863. The van der Waals surface area contributed by atoms with E-state index >= 15 is 0 Å². The predicted molar refractivity (Wildman–Crippen MR) is 63.9 cm³/mol. The van der Waals surface area contributed by atoms with Crippen LogP contribution in [0.4, 0.5) is 4.39 Å². The lowest BCUT2D eigenvalue weighted by Gasteiger charge is -2.32. The zero-order valence-electron chi connectivity index (χ0n) is 9.95. The second kappa shape index (κ2) is 5.27. The first-order valence-corrected chi connectivity index (χ1v) is 5.88. The van der Waals surface area contributed by atoms with Gasteiger partial charge in [-0.25, -0.2) is 4.39 Å². The third-order valence-electron chi connectivity index (χ3n) is 3.20. The second-order valence-corrected chi connectivity index (χ2v) is 4.43. The van der Waals surface area contributed by atoms with Crippen molar-refractivity contribution in [1.82, 2.24) is 10.2 Å². The van der Waals surface area contributed by atoms with Gasteiger partial charge in [-0.05, 0) is 31.2 Å². The molecule has 1 aliphatic heterocycles. The molecule has 0 saturated carbocycles. The molecule has 0 aliphatic carbocycles. The van der Waals surface area contributed by atoms with Crippen molar-refractivity contribution in [1.29, 1.82) is 0 Å². The summed E-state index contributed by atoms with van der Waals surface area (Å²) in [7, 11) is 1.91. The zero-order valence-corrected chi connectivity index (χ0v) is 9.95. The number of hydrogen-bond donors (Lipinski definition) is 1. The van der Waals surface area contributed by atoms with E-state index in [9.17, 15) is 9.18 Å². The van der Waals surface area contributed by atoms with Gasteiger partial charge in [-0.1, -0.05) is 12.1 Å². The molecule has 0 radical (unpaired) electrons. The van der Waals surface area contributed by atoms with Gasteiger partial charge in [0.1, 0.15) is 5.82 Å². The standard InChI is InChI=1S/C13H17FN2O/c1-15-12-6-7-13(17)16(9-12)8-10-2-4-11(14)5-3-10/h2-5,12,15H,6-9H2,1H3/t12-/m0/s1. The van der Waals surface area contributed by atoms with Crippen LogP contribution in [0.5, 0.6) is 0 Å². The van der Waals surface area contributed by atoms with Crippen molar-refractivity contribution in [3.63, 3.8) is 0 Å². The Morgan fingerprint density at radius 1 is 1.41 bits per heavy atom. The Bertz CT molecular complexity index is 391. The molecule has 1 amide bonds. The summed E-state index contributed by atoms with van der Waals surface area (Å²) in [5, 5.41) is 3.20. The Balaban J connectivity index is 2.01. The fraction of sp³-hybridized carbons (Fsp3) is 0.462. The lowest BCUT2D eigenvalue weighted by molar-refractivity contribution is -0.134. The molecule has 0 spiro atoms. The Hall–Kier alpha value is -1.42. The van der Waals surface area contributed by atoms with Crippen LogP contribution in [-0.4, -0.2) is 30.4 Å². The third-order valence-corrected chi connectivity index (χ3v) is 3.20. The SMILES string of the molecule is CN[C@H]1CCC(=O)N(Cc2ccc(F)cc2)C1. The summed E-state index contributed by atoms with van der Waals surface area (Å²) in [6.07, 6.45) is 1.49. The molecule has 17 heavy (non-hydrogen) atoms. The first kappa shape index (κ1) is 12.0. The molecule has 1 N–H and O–H groups in total. The maximum absolute atomic E-state index is 12.8. The largest absolute Gasteiger partial charge is 0.337 e. The van der Waals surface area contributed by atoms with E-state index in [0.717, 1.165) is 18.5 Å². The summed E-state index contributed by atoms with van der Waals surface area (Å²) in [5.41, 5.74) is 0.969. The highest BCUT2D eigenvalue weighted by atomic mass is 19.1. The van der Waals surface area contributed by atoms with Gasteiger partial charge in [0.25, 0.3) is 0 Å². The molecular formula is C13H17FN2O. The van der Waals surface area contributed by atoms with Crippen molar-refractivity contribution >= 4 is 5.91 Å². The number of hydrogen-bond acceptors (Lipinski definition) is 2. The average molecular weight is 236 g/mol. The van der Waals surface area contributed by atoms with Gasteiger partial charge in [0.05, 0.1) is 0 Å². The first-order chi connectivity index (χ1) is 8.19. The van der Waals surface area contributed by atoms with Gasteiger partial charge in [0.15, 0.2) is 0 Å². The van der Waals surface area contributed by atoms with E-state index in [-0.39, 0.29) is 11.7 Å². The van der Waals surface area contributed by atoms with Gasteiger partial charge < -0.3 is 10.2 Å². The van der Waals surface area contributed by atoms with Crippen molar-refractivity contribution in [2.45, 2.75) is 25.4 Å². The number of piperidine rings is 1. The molecule has 92 valence electrons. The summed E-state index contributed by atoms with van der Waals surface area (Å²) in [4.78, 5) is 13.6. The number of carbonyl (C=O) groups is 1. The molecular weight excluding hydrogens is 219 g/mol. The number of benzene rings is 1. The van der Waals surface area contributed by atoms with E-state index in [1.54, 1.807) is 12.1 Å². The molecule has 1 aromatic rings. The molecule has 1 saturated heterocycles. The maximum atomic E-state index is 12.8.